The summed E-state index contributed by atoms with van der Waals surface area (Å²) < 4.78 is 5.25. The highest BCUT2D eigenvalue weighted by molar-refractivity contribution is 6.02. The van der Waals surface area contributed by atoms with Gasteiger partial charge in [-0.1, -0.05) is 6.07 Å². The van der Waals surface area contributed by atoms with Crippen LogP contribution in [0.3, 0.4) is 0 Å². The molecule has 126 valence electrons. The number of anilines is 1. The molecule has 0 aromatic carbocycles. The van der Waals surface area contributed by atoms with E-state index in [1.165, 1.54) is 11.8 Å². The van der Waals surface area contributed by atoms with Crippen molar-refractivity contribution in [2.45, 2.75) is 38.1 Å². The van der Waals surface area contributed by atoms with Crippen LogP contribution in [-0.4, -0.2) is 57.0 Å². The van der Waals surface area contributed by atoms with Crippen LogP contribution in [0, 0.1) is 0 Å². The zero-order chi connectivity index (χ0) is 17.4. The monoisotopic (exact) mass is 324 g/mol. The number of aliphatic hydroxyl groups is 2. The fraction of sp³-hybridized carbons (Fsp3) is 0.533. The van der Waals surface area contributed by atoms with Crippen molar-refractivity contribution in [3.05, 3.63) is 23.9 Å². The van der Waals surface area contributed by atoms with Crippen molar-refractivity contribution in [1.29, 1.82) is 0 Å². The third-order valence-electron chi connectivity index (χ3n) is 3.78. The number of hydrogen-bond donors (Lipinski definition) is 3. The lowest BCUT2D eigenvalue weighted by Crippen LogP contribution is -2.63. The van der Waals surface area contributed by atoms with Gasteiger partial charge in [-0.05, 0) is 32.9 Å². The fourth-order valence-corrected chi connectivity index (χ4v) is 2.34. The second kappa shape index (κ2) is 5.88. The molecule has 2 rings (SSSR count). The summed E-state index contributed by atoms with van der Waals surface area (Å²) in [5, 5.41) is 28.8. The second-order valence-corrected chi connectivity index (χ2v) is 6.09. The van der Waals surface area contributed by atoms with E-state index in [2.05, 4.69) is 4.98 Å². The normalized spacial score (nSPS) is 23.7. The highest BCUT2D eigenvalue weighted by atomic mass is 16.5. The predicted octanol–water partition coefficient (Wildman–Crippen LogP) is -0.124. The molecule has 23 heavy (non-hydrogen) atoms. The van der Waals surface area contributed by atoms with Crippen molar-refractivity contribution in [2.75, 3.05) is 18.1 Å². The van der Waals surface area contributed by atoms with Crippen LogP contribution in [0.5, 0.6) is 0 Å². The summed E-state index contributed by atoms with van der Waals surface area (Å²) in [5.41, 5.74) is -2.71. The number of hydrogen-bond acceptors (Lipinski definition) is 6. The third-order valence-corrected chi connectivity index (χ3v) is 3.78. The van der Waals surface area contributed by atoms with Crippen molar-refractivity contribution in [2.24, 2.45) is 0 Å². The van der Waals surface area contributed by atoms with Crippen LogP contribution in [0.2, 0.25) is 0 Å². The second-order valence-electron chi connectivity index (χ2n) is 6.09. The molecule has 8 nitrogen and oxygen atoms in total. The molecule has 2 atom stereocenters. The van der Waals surface area contributed by atoms with Gasteiger partial charge in [0, 0.05) is 0 Å². The van der Waals surface area contributed by atoms with Gasteiger partial charge in [-0.15, -0.1) is 0 Å². The summed E-state index contributed by atoms with van der Waals surface area (Å²) in [6, 6.07) is 4.84. The number of amides is 1. The summed E-state index contributed by atoms with van der Waals surface area (Å²) in [4.78, 5) is 29.2. The predicted molar refractivity (Wildman–Crippen MR) is 79.8 cm³/mol. The lowest BCUT2D eigenvalue weighted by Gasteiger charge is -2.40. The van der Waals surface area contributed by atoms with Gasteiger partial charge in [0.1, 0.15) is 11.4 Å². The third kappa shape index (κ3) is 3.19. The number of nitrogens with zero attached hydrogens (tertiary/aromatic N) is 2. The van der Waals surface area contributed by atoms with Crippen LogP contribution in [0.25, 0.3) is 0 Å². The molecule has 1 saturated heterocycles. The number of aliphatic carboxylic acids is 1. The zero-order valence-electron chi connectivity index (χ0n) is 13.2. The Kier molecular flexibility index (Phi) is 4.43. The molecule has 0 spiro atoms. The first-order chi connectivity index (χ1) is 10.6. The number of carboxylic acids is 1. The molecule has 1 fully saturated rings. The summed E-state index contributed by atoms with van der Waals surface area (Å²) >= 11 is 0. The summed E-state index contributed by atoms with van der Waals surface area (Å²) in [6.45, 7) is 4.60. The van der Waals surface area contributed by atoms with Crippen molar-refractivity contribution < 1.29 is 29.6 Å². The van der Waals surface area contributed by atoms with Crippen molar-refractivity contribution >= 4 is 17.7 Å². The molecule has 2 heterocycles. The maximum atomic E-state index is 12.6. The number of aliphatic hydroxyl groups excluding tert-OH is 1. The first-order valence-corrected chi connectivity index (χ1v) is 7.14. The molecule has 1 amide bonds. The van der Waals surface area contributed by atoms with E-state index in [-0.39, 0.29) is 19.0 Å². The van der Waals surface area contributed by atoms with E-state index in [4.69, 9.17) is 9.84 Å². The minimum absolute atomic E-state index is 0.0566. The van der Waals surface area contributed by atoms with Gasteiger partial charge in [0.25, 0.3) is 5.91 Å². The standard InChI is InChI=1S/C15H20N2O6/c1-14(2,22)9-5-4-6-10(16-9)17-7-8-23-15(3,13(17)21)11(18)12(19)20/h4-6,11,18,22H,7-8H2,1-3H3,(H,19,20)/t11?,15-/m1/s1. The summed E-state index contributed by atoms with van der Waals surface area (Å²) in [6.07, 6.45) is -1.99. The van der Waals surface area contributed by atoms with Gasteiger partial charge < -0.3 is 20.1 Å². The van der Waals surface area contributed by atoms with Crippen LogP contribution in [0.1, 0.15) is 26.5 Å². The van der Waals surface area contributed by atoms with Gasteiger partial charge in [-0.3, -0.25) is 9.69 Å². The maximum absolute atomic E-state index is 12.6. The molecular weight excluding hydrogens is 304 g/mol. The Morgan fingerprint density at radius 2 is 2.13 bits per heavy atom. The minimum Gasteiger partial charge on any atom is -0.479 e. The fourth-order valence-electron chi connectivity index (χ4n) is 2.34. The minimum atomic E-state index is -1.99. The van der Waals surface area contributed by atoms with Crippen LogP contribution in [-0.2, 0) is 19.9 Å². The molecule has 0 aliphatic carbocycles. The van der Waals surface area contributed by atoms with E-state index >= 15 is 0 Å². The maximum Gasteiger partial charge on any atom is 0.336 e. The van der Waals surface area contributed by atoms with Gasteiger partial charge >= 0.3 is 5.97 Å². The van der Waals surface area contributed by atoms with Gasteiger partial charge in [0.05, 0.1) is 18.8 Å². The molecule has 1 aromatic rings. The van der Waals surface area contributed by atoms with Gasteiger partial charge in [-0.2, -0.15) is 0 Å². The number of carbonyl (C=O) groups excluding carboxylic acids is 1. The first kappa shape index (κ1) is 17.3. The Hall–Kier alpha value is -2.03. The van der Waals surface area contributed by atoms with Gasteiger partial charge in [0.2, 0.25) is 0 Å². The Morgan fingerprint density at radius 3 is 2.70 bits per heavy atom. The van der Waals surface area contributed by atoms with Crippen LogP contribution >= 0.6 is 0 Å². The number of rotatable bonds is 4. The number of pyridine rings is 1. The molecule has 3 N–H and O–H groups in total. The Balaban J connectivity index is 2.37. The first-order valence-electron chi connectivity index (χ1n) is 7.14. The zero-order valence-corrected chi connectivity index (χ0v) is 13.2. The molecule has 1 aromatic heterocycles. The largest absolute Gasteiger partial charge is 0.479 e. The van der Waals surface area contributed by atoms with Crippen LogP contribution < -0.4 is 4.90 Å². The van der Waals surface area contributed by atoms with E-state index in [0.29, 0.717) is 5.69 Å². The van der Waals surface area contributed by atoms with Crippen molar-refractivity contribution in [1.82, 2.24) is 4.98 Å². The summed E-state index contributed by atoms with van der Waals surface area (Å²) in [5.74, 6) is -1.97. The van der Waals surface area contributed by atoms with Crippen molar-refractivity contribution in [3.8, 4) is 0 Å². The molecular formula is C15H20N2O6. The number of ether oxygens (including phenoxy) is 1. The lowest BCUT2D eigenvalue weighted by atomic mass is 9.95. The average Bonchev–Trinajstić information content (AvgIpc) is 2.48. The Labute approximate surface area is 133 Å². The highest BCUT2D eigenvalue weighted by Crippen LogP contribution is 2.28. The number of morpholine rings is 1. The quantitative estimate of drug-likeness (QED) is 0.706. The van der Waals surface area contributed by atoms with E-state index in [1.54, 1.807) is 32.0 Å². The van der Waals surface area contributed by atoms with Gasteiger partial charge in [-0.25, -0.2) is 9.78 Å². The molecule has 0 radical (unpaired) electrons. The molecule has 0 saturated carbocycles. The average molecular weight is 324 g/mol. The van der Waals surface area contributed by atoms with Crippen molar-refractivity contribution in [3.63, 3.8) is 0 Å². The molecule has 1 unspecified atom stereocenters. The topological polar surface area (TPSA) is 120 Å². The van der Waals surface area contributed by atoms with E-state index < -0.39 is 29.2 Å². The highest BCUT2D eigenvalue weighted by Gasteiger charge is 2.51. The van der Waals surface area contributed by atoms with E-state index in [9.17, 15) is 19.8 Å². The lowest BCUT2D eigenvalue weighted by molar-refractivity contribution is -0.181. The Bertz CT molecular complexity index is 627. The SMILES string of the molecule is CC(C)(O)c1cccc(N2CCO[C@](C)(C(O)C(=O)O)C2=O)n1. The smallest absolute Gasteiger partial charge is 0.336 e. The Morgan fingerprint density at radius 1 is 1.48 bits per heavy atom. The molecule has 1 aliphatic rings. The number of aromatic nitrogens is 1. The molecule has 1 aliphatic heterocycles. The van der Waals surface area contributed by atoms with E-state index in [0.717, 1.165) is 0 Å². The molecule has 8 heteroatoms. The number of carbonyl (C=O) groups is 2. The van der Waals surface area contributed by atoms with Gasteiger partial charge in [0.15, 0.2) is 11.7 Å². The summed E-state index contributed by atoms with van der Waals surface area (Å²) in [7, 11) is 0. The van der Waals surface area contributed by atoms with Crippen LogP contribution in [0.4, 0.5) is 5.82 Å². The molecule has 0 bridgehead atoms. The van der Waals surface area contributed by atoms with E-state index in [1.807, 2.05) is 0 Å². The van der Waals surface area contributed by atoms with Crippen LogP contribution in [0.15, 0.2) is 18.2 Å². The number of carboxylic acid groups (broad SMARTS) is 1.